The SMILES string of the molecule is CC(C)(OC(=O)NC(C(=O)O)C1CC1)C(F)(F)F. The molecule has 0 aliphatic heterocycles. The fourth-order valence-corrected chi connectivity index (χ4v) is 1.26. The Hall–Kier alpha value is -1.47. The van der Waals surface area contributed by atoms with E-state index in [2.05, 4.69) is 4.74 Å². The summed E-state index contributed by atoms with van der Waals surface area (Å²) >= 11 is 0. The number of carbonyl (C=O) groups is 2. The third-order valence-electron chi connectivity index (χ3n) is 2.66. The molecule has 2 N–H and O–H groups in total. The number of alkyl halides is 3. The Bertz CT molecular complexity index is 350. The average molecular weight is 269 g/mol. The second kappa shape index (κ2) is 4.66. The van der Waals surface area contributed by atoms with Gasteiger partial charge < -0.3 is 15.2 Å². The van der Waals surface area contributed by atoms with Crippen molar-refractivity contribution in [1.82, 2.24) is 5.32 Å². The van der Waals surface area contributed by atoms with Crippen LogP contribution in [0.15, 0.2) is 0 Å². The van der Waals surface area contributed by atoms with Gasteiger partial charge in [0.1, 0.15) is 6.04 Å². The monoisotopic (exact) mass is 269 g/mol. The summed E-state index contributed by atoms with van der Waals surface area (Å²) in [4.78, 5) is 22.0. The van der Waals surface area contributed by atoms with E-state index in [1.807, 2.05) is 5.32 Å². The van der Waals surface area contributed by atoms with Crippen molar-refractivity contribution in [2.75, 3.05) is 0 Å². The van der Waals surface area contributed by atoms with Crippen LogP contribution in [-0.4, -0.2) is 35.0 Å². The van der Waals surface area contributed by atoms with Gasteiger partial charge in [0.05, 0.1) is 0 Å². The minimum absolute atomic E-state index is 0.232. The number of rotatable bonds is 4. The molecule has 5 nitrogen and oxygen atoms in total. The van der Waals surface area contributed by atoms with Crippen molar-refractivity contribution >= 4 is 12.1 Å². The predicted octanol–water partition coefficient (Wildman–Crippen LogP) is 1.92. The average Bonchev–Trinajstić information content (AvgIpc) is 2.94. The quantitative estimate of drug-likeness (QED) is 0.817. The van der Waals surface area contributed by atoms with E-state index in [1.165, 1.54) is 0 Å². The van der Waals surface area contributed by atoms with Gasteiger partial charge in [0, 0.05) is 0 Å². The summed E-state index contributed by atoms with van der Waals surface area (Å²) in [5, 5.41) is 10.7. The fraction of sp³-hybridized carbons (Fsp3) is 0.800. The van der Waals surface area contributed by atoms with Crippen molar-refractivity contribution in [3.63, 3.8) is 0 Å². The zero-order valence-corrected chi connectivity index (χ0v) is 9.87. The maximum atomic E-state index is 12.4. The minimum Gasteiger partial charge on any atom is -0.480 e. The first-order valence-corrected chi connectivity index (χ1v) is 5.33. The van der Waals surface area contributed by atoms with E-state index in [0.29, 0.717) is 26.7 Å². The number of ether oxygens (including phenoxy) is 1. The molecular weight excluding hydrogens is 255 g/mol. The maximum Gasteiger partial charge on any atom is 0.427 e. The summed E-state index contributed by atoms with van der Waals surface area (Å²) in [7, 11) is 0. The summed E-state index contributed by atoms with van der Waals surface area (Å²) in [5.74, 6) is -1.51. The molecule has 1 aliphatic carbocycles. The van der Waals surface area contributed by atoms with Crippen LogP contribution >= 0.6 is 0 Å². The van der Waals surface area contributed by atoms with Crippen LogP contribution in [0, 0.1) is 5.92 Å². The summed E-state index contributed by atoms with van der Waals surface area (Å²) in [5.41, 5.74) is -2.66. The first-order chi connectivity index (χ1) is 8.04. The highest BCUT2D eigenvalue weighted by molar-refractivity contribution is 5.80. The van der Waals surface area contributed by atoms with Gasteiger partial charge in [-0.3, -0.25) is 0 Å². The molecule has 1 fully saturated rings. The number of hydrogen-bond acceptors (Lipinski definition) is 3. The Morgan fingerprint density at radius 2 is 1.83 bits per heavy atom. The Labute approximate surface area is 101 Å². The van der Waals surface area contributed by atoms with Crippen molar-refractivity contribution in [3.8, 4) is 0 Å². The topological polar surface area (TPSA) is 75.6 Å². The maximum absolute atomic E-state index is 12.4. The van der Waals surface area contributed by atoms with Gasteiger partial charge in [-0.15, -0.1) is 0 Å². The van der Waals surface area contributed by atoms with Crippen molar-refractivity contribution in [3.05, 3.63) is 0 Å². The van der Waals surface area contributed by atoms with Crippen LogP contribution in [-0.2, 0) is 9.53 Å². The fourth-order valence-electron chi connectivity index (χ4n) is 1.26. The first-order valence-electron chi connectivity index (χ1n) is 5.33. The Balaban J connectivity index is 2.58. The largest absolute Gasteiger partial charge is 0.480 e. The zero-order valence-electron chi connectivity index (χ0n) is 9.87. The van der Waals surface area contributed by atoms with Crippen LogP contribution < -0.4 is 5.32 Å². The molecule has 104 valence electrons. The second-order valence-electron chi connectivity index (χ2n) is 4.70. The molecule has 1 atom stereocenters. The van der Waals surface area contributed by atoms with E-state index in [-0.39, 0.29) is 5.92 Å². The van der Waals surface area contributed by atoms with Crippen LogP contribution in [0.1, 0.15) is 26.7 Å². The van der Waals surface area contributed by atoms with E-state index in [1.54, 1.807) is 0 Å². The van der Waals surface area contributed by atoms with Crippen LogP contribution in [0.4, 0.5) is 18.0 Å². The molecular formula is C10H14F3NO4. The van der Waals surface area contributed by atoms with Crippen molar-refractivity contribution in [2.45, 2.75) is 44.5 Å². The summed E-state index contributed by atoms with van der Waals surface area (Å²) in [6.45, 7) is 1.39. The number of nitrogens with one attached hydrogen (secondary N) is 1. The van der Waals surface area contributed by atoms with E-state index in [0.717, 1.165) is 0 Å². The van der Waals surface area contributed by atoms with Crippen molar-refractivity contribution in [2.24, 2.45) is 5.92 Å². The molecule has 1 amide bonds. The molecule has 0 aromatic carbocycles. The lowest BCUT2D eigenvalue weighted by atomic mass is 10.1. The minimum atomic E-state index is -4.72. The molecule has 0 bridgehead atoms. The Kier molecular flexibility index (Phi) is 3.78. The third kappa shape index (κ3) is 3.51. The molecule has 0 radical (unpaired) electrons. The lowest BCUT2D eigenvalue weighted by Gasteiger charge is -2.28. The molecule has 1 saturated carbocycles. The second-order valence-corrected chi connectivity index (χ2v) is 4.70. The van der Waals surface area contributed by atoms with Gasteiger partial charge in [-0.2, -0.15) is 13.2 Å². The van der Waals surface area contributed by atoms with Crippen LogP contribution in [0.5, 0.6) is 0 Å². The number of carboxylic acid groups (broad SMARTS) is 1. The highest BCUT2D eigenvalue weighted by Gasteiger charge is 2.51. The highest BCUT2D eigenvalue weighted by atomic mass is 19.4. The van der Waals surface area contributed by atoms with E-state index in [4.69, 9.17) is 5.11 Å². The summed E-state index contributed by atoms with van der Waals surface area (Å²) in [6, 6.07) is -1.19. The van der Waals surface area contributed by atoms with Crippen LogP contribution in [0.2, 0.25) is 0 Å². The predicted molar refractivity (Wildman–Crippen MR) is 53.9 cm³/mol. The lowest BCUT2D eigenvalue weighted by molar-refractivity contribution is -0.244. The standard InChI is InChI=1S/C10H14F3NO4/c1-9(2,10(11,12)13)18-8(17)14-6(7(15)16)5-3-4-5/h5-6H,3-4H2,1-2H3,(H,14,17)(H,15,16). The van der Waals surface area contributed by atoms with Crippen molar-refractivity contribution < 1.29 is 32.6 Å². The van der Waals surface area contributed by atoms with E-state index >= 15 is 0 Å². The van der Waals surface area contributed by atoms with Gasteiger partial charge in [-0.25, -0.2) is 9.59 Å². The van der Waals surface area contributed by atoms with E-state index in [9.17, 15) is 22.8 Å². The molecule has 1 aliphatic rings. The number of aliphatic carboxylic acids is 1. The summed E-state index contributed by atoms with van der Waals surface area (Å²) < 4.78 is 41.5. The Morgan fingerprint density at radius 1 is 1.33 bits per heavy atom. The molecule has 1 unspecified atom stereocenters. The normalized spacial score (nSPS) is 18.1. The molecule has 0 aromatic heterocycles. The molecule has 0 heterocycles. The zero-order chi connectivity index (χ0) is 14.1. The highest BCUT2D eigenvalue weighted by Crippen LogP contribution is 2.34. The molecule has 8 heteroatoms. The molecule has 0 saturated heterocycles. The van der Waals surface area contributed by atoms with Crippen LogP contribution in [0.3, 0.4) is 0 Å². The van der Waals surface area contributed by atoms with Crippen molar-refractivity contribution in [1.29, 1.82) is 0 Å². The number of halogens is 3. The van der Waals surface area contributed by atoms with Gasteiger partial charge >= 0.3 is 18.2 Å². The number of amides is 1. The third-order valence-corrected chi connectivity index (χ3v) is 2.66. The lowest BCUT2D eigenvalue weighted by Crippen LogP contribution is -2.49. The molecule has 1 rings (SSSR count). The van der Waals surface area contributed by atoms with Crippen LogP contribution in [0.25, 0.3) is 0 Å². The molecule has 18 heavy (non-hydrogen) atoms. The number of alkyl carbamates (subject to hydrolysis) is 1. The van der Waals surface area contributed by atoms with Gasteiger partial charge in [0.25, 0.3) is 0 Å². The summed E-state index contributed by atoms with van der Waals surface area (Å²) in [6.07, 6.45) is -4.85. The number of hydrogen-bond donors (Lipinski definition) is 2. The van der Waals surface area contributed by atoms with Gasteiger partial charge in [-0.05, 0) is 32.6 Å². The van der Waals surface area contributed by atoms with E-state index < -0.39 is 29.9 Å². The van der Waals surface area contributed by atoms with Gasteiger partial charge in [0.15, 0.2) is 0 Å². The Morgan fingerprint density at radius 3 is 2.17 bits per heavy atom. The first kappa shape index (κ1) is 14.6. The van der Waals surface area contributed by atoms with Gasteiger partial charge in [0.2, 0.25) is 5.60 Å². The molecule has 0 aromatic rings. The smallest absolute Gasteiger partial charge is 0.427 e. The van der Waals surface area contributed by atoms with Gasteiger partial charge in [-0.1, -0.05) is 0 Å². The molecule has 0 spiro atoms. The number of carboxylic acids is 1. The number of carbonyl (C=O) groups excluding carboxylic acids is 1.